The Morgan fingerprint density at radius 3 is 2.42 bits per heavy atom. The van der Waals surface area contributed by atoms with Crippen molar-refractivity contribution in [3.05, 3.63) is 0 Å². The minimum absolute atomic E-state index is 0.116. The van der Waals surface area contributed by atoms with Gasteiger partial charge in [0.1, 0.15) is 0 Å². The van der Waals surface area contributed by atoms with Crippen molar-refractivity contribution in [2.75, 3.05) is 59.1 Å². The van der Waals surface area contributed by atoms with E-state index >= 15 is 0 Å². The van der Waals surface area contributed by atoms with Crippen molar-refractivity contribution in [3.63, 3.8) is 0 Å². The van der Waals surface area contributed by atoms with Crippen LogP contribution in [0.4, 0.5) is 0 Å². The van der Waals surface area contributed by atoms with Crippen LogP contribution in [-0.2, 0) is 14.8 Å². The number of hydrogen-bond donors (Lipinski definition) is 1. The Labute approximate surface area is 114 Å². The summed E-state index contributed by atoms with van der Waals surface area (Å²) in [6.45, 7) is 5.81. The summed E-state index contributed by atoms with van der Waals surface area (Å²) in [5, 5.41) is 2.83. The van der Waals surface area contributed by atoms with Crippen LogP contribution in [0.15, 0.2) is 0 Å². The zero-order valence-corrected chi connectivity index (χ0v) is 12.3. The summed E-state index contributed by atoms with van der Waals surface area (Å²) in [6, 6.07) is 0.356. The molecule has 2 bridgehead atoms. The quantitative estimate of drug-likeness (QED) is 0.634. The highest BCUT2D eigenvalue weighted by Crippen LogP contribution is 2.14. The lowest BCUT2D eigenvalue weighted by atomic mass is 10.1. The summed E-state index contributed by atoms with van der Waals surface area (Å²) in [7, 11) is -1.89. The molecule has 1 amide bonds. The molecule has 3 heterocycles. The lowest BCUT2D eigenvalue weighted by molar-refractivity contribution is -0.121. The second-order valence-corrected chi connectivity index (χ2v) is 7.40. The van der Waals surface area contributed by atoms with Crippen molar-refractivity contribution in [3.8, 4) is 0 Å². The van der Waals surface area contributed by atoms with Crippen molar-refractivity contribution in [2.45, 2.75) is 6.04 Å². The number of carbonyl (C=O) groups is 1. The number of sulfonamides is 1. The van der Waals surface area contributed by atoms with Gasteiger partial charge in [0, 0.05) is 52.4 Å². The molecule has 3 fully saturated rings. The molecule has 0 aromatic carbocycles. The first-order chi connectivity index (χ1) is 8.86. The first-order valence-corrected chi connectivity index (χ1v) is 8.35. The number of likely N-dealkylation sites (N-methyl/N-ethyl adjacent to an activating group) is 1. The average molecular weight is 290 g/mol. The van der Waals surface area contributed by atoms with Gasteiger partial charge in [0.05, 0.1) is 12.8 Å². The maximum absolute atomic E-state index is 11.7. The number of hydrogen-bond acceptors (Lipinski definition) is 5. The molecule has 1 unspecified atom stereocenters. The van der Waals surface area contributed by atoms with Gasteiger partial charge in [-0.05, 0) is 0 Å². The molecule has 0 saturated carbocycles. The Bertz CT molecular complexity index is 431. The van der Waals surface area contributed by atoms with Crippen LogP contribution in [-0.4, -0.2) is 93.6 Å². The third-order valence-electron chi connectivity index (χ3n) is 3.86. The molecule has 0 aliphatic carbocycles. The molecular formula is C11H22N4O3S. The average Bonchev–Trinajstić information content (AvgIpc) is 2.36. The van der Waals surface area contributed by atoms with Gasteiger partial charge in [0.2, 0.25) is 15.9 Å². The number of nitrogens with zero attached hydrogens (tertiary/aromatic N) is 3. The molecule has 3 aliphatic heterocycles. The summed E-state index contributed by atoms with van der Waals surface area (Å²) in [5.74, 6) is -0.245. The smallest absolute Gasteiger partial charge is 0.235 e. The standard InChI is InChI=1S/C11H22N4O3S/c1-13(19(2,17)18)9-11(16)12-7-10-8-14-3-5-15(10)6-4-14/h10H,3-9H2,1-2H3,(H,12,16). The van der Waals surface area contributed by atoms with E-state index < -0.39 is 10.0 Å². The van der Waals surface area contributed by atoms with E-state index in [-0.39, 0.29) is 12.5 Å². The van der Waals surface area contributed by atoms with E-state index in [0.29, 0.717) is 12.6 Å². The van der Waals surface area contributed by atoms with Crippen LogP contribution in [0.2, 0.25) is 0 Å². The maximum atomic E-state index is 11.7. The number of piperazine rings is 3. The largest absolute Gasteiger partial charge is 0.353 e. The highest BCUT2D eigenvalue weighted by Gasteiger charge is 2.31. The van der Waals surface area contributed by atoms with E-state index in [1.165, 1.54) is 7.05 Å². The van der Waals surface area contributed by atoms with E-state index in [4.69, 9.17) is 0 Å². The highest BCUT2D eigenvalue weighted by atomic mass is 32.2. The number of rotatable bonds is 5. The van der Waals surface area contributed by atoms with Crippen LogP contribution >= 0.6 is 0 Å². The normalized spacial score (nSPS) is 30.6. The Morgan fingerprint density at radius 2 is 1.95 bits per heavy atom. The predicted molar refractivity (Wildman–Crippen MR) is 72.3 cm³/mol. The van der Waals surface area contributed by atoms with Gasteiger partial charge in [-0.25, -0.2) is 8.42 Å². The van der Waals surface area contributed by atoms with E-state index in [1.807, 2.05) is 0 Å². The van der Waals surface area contributed by atoms with E-state index in [1.54, 1.807) is 0 Å². The number of nitrogens with one attached hydrogen (secondary N) is 1. The summed E-state index contributed by atoms with van der Waals surface area (Å²) in [5.41, 5.74) is 0. The van der Waals surface area contributed by atoms with E-state index in [2.05, 4.69) is 15.1 Å². The molecule has 3 rings (SSSR count). The Hall–Kier alpha value is -0.700. The van der Waals surface area contributed by atoms with Crippen LogP contribution in [0.3, 0.4) is 0 Å². The second-order valence-electron chi connectivity index (χ2n) is 5.31. The Kier molecular flexibility index (Phi) is 4.44. The van der Waals surface area contributed by atoms with Crippen LogP contribution in [0.1, 0.15) is 0 Å². The minimum Gasteiger partial charge on any atom is -0.353 e. The minimum atomic E-state index is -3.30. The monoisotopic (exact) mass is 290 g/mol. The second kappa shape index (κ2) is 5.74. The number of fused-ring (bicyclic) bond motifs is 3. The van der Waals surface area contributed by atoms with Gasteiger partial charge >= 0.3 is 0 Å². The van der Waals surface area contributed by atoms with E-state index in [9.17, 15) is 13.2 Å². The highest BCUT2D eigenvalue weighted by molar-refractivity contribution is 7.88. The number of carbonyl (C=O) groups excluding carboxylic acids is 1. The van der Waals surface area contributed by atoms with Gasteiger partial charge in [-0.2, -0.15) is 4.31 Å². The van der Waals surface area contributed by atoms with Crippen molar-refractivity contribution in [1.29, 1.82) is 0 Å². The third-order valence-corrected chi connectivity index (χ3v) is 5.12. The molecule has 0 aromatic heterocycles. The van der Waals surface area contributed by atoms with Crippen molar-refractivity contribution < 1.29 is 13.2 Å². The topological polar surface area (TPSA) is 73.0 Å². The van der Waals surface area contributed by atoms with Crippen molar-refractivity contribution in [1.82, 2.24) is 19.4 Å². The molecule has 110 valence electrons. The summed E-state index contributed by atoms with van der Waals surface area (Å²) < 4.78 is 23.5. The van der Waals surface area contributed by atoms with Crippen LogP contribution in [0.25, 0.3) is 0 Å². The molecule has 0 aromatic rings. The summed E-state index contributed by atoms with van der Waals surface area (Å²) in [4.78, 5) is 16.5. The Morgan fingerprint density at radius 1 is 1.32 bits per heavy atom. The fraction of sp³-hybridized carbons (Fsp3) is 0.909. The fourth-order valence-electron chi connectivity index (χ4n) is 2.53. The fourth-order valence-corrected chi connectivity index (χ4v) is 2.88. The summed E-state index contributed by atoms with van der Waals surface area (Å²) >= 11 is 0. The van der Waals surface area contributed by atoms with Crippen LogP contribution in [0.5, 0.6) is 0 Å². The summed E-state index contributed by atoms with van der Waals surface area (Å²) in [6.07, 6.45) is 1.10. The SMILES string of the molecule is CN(CC(=O)NCC1CN2CCN1CC2)S(C)(=O)=O. The molecule has 1 atom stereocenters. The van der Waals surface area contributed by atoms with Crippen LogP contribution < -0.4 is 5.32 Å². The maximum Gasteiger partial charge on any atom is 0.235 e. The van der Waals surface area contributed by atoms with Gasteiger partial charge in [-0.1, -0.05) is 0 Å². The molecule has 19 heavy (non-hydrogen) atoms. The van der Waals surface area contributed by atoms with Crippen molar-refractivity contribution >= 4 is 15.9 Å². The van der Waals surface area contributed by atoms with Gasteiger partial charge in [-0.15, -0.1) is 0 Å². The van der Waals surface area contributed by atoms with Crippen LogP contribution in [0, 0.1) is 0 Å². The van der Waals surface area contributed by atoms with Crippen molar-refractivity contribution in [2.24, 2.45) is 0 Å². The molecule has 7 nitrogen and oxygen atoms in total. The van der Waals surface area contributed by atoms with Gasteiger partial charge in [-0.3, -0.25) is 14.6 Å². The molecule has 1 N–H and O–H groups in total. The van der Waals surface area contributed by atoms with Gasteiger partial charge in [0.15, 0.2) is 0 Å². The third kappa shape index (κ3) is 3.88. The van der Waals surface area contributed by atoms with Gasteiger partial charge < -0.3 is 5.32 Å². The first kappa shape index (κ1) is 14.7. The molecule has 0 spiro atoms. The predicted octanol–water partition coefficient (Wildman–Crippen LogP) is -2.01. The molecule has 3 saturated heterocycles. The van der Waals surface area contributed by atoms with E-state index in [0.717, 1.165) is 43.3 Å². The molecule has 3 aliphatic rings. The first-order valence-electron chi connectivity index (χ1n) is 6.50. The zero-order valence-electron chi connectivity index (χ0n) is 11.5. The lowest BCUT2D eigenvalue weighted by Crippen LogP contribution is -2.63. The molecule has 8 heteroatoms. The van der Waals surface area contributed by atoms with Gasteiger partial charge in [0.25, 0.3) is 0 Å². The molecular weight excluding hydrogens is 268 g/mol. The molecule has 0 radical (unpaired) electrons. The lowest BCUT2D eigenvalue weighted by Gasteiger charge is -2.47. The Balaban J connectivity index is 1.75. The zero-order chi connectivity index (χ0) is 14.0. The number of amides is 1.